The molecule has 16 heavy (non-hydrogen) atoms. The van der Waals surface area contributed by atoms with Crippen LogP contribution in [-0.2, 0) is 4.74 Å². The van der Waals surface area contributed by atoms with Crippen molar-refractivity contribution in [2.24, 2.45) is 5.92 Å². The van der Waals surface area contributed by atoms with Crippen molar-refractivity contribution < 1.29 is 4.74 Å². The van der Waals surface area contributed by atoms with Crippen molar-refractivity contribution in [1.82, 2.24) is 15.8 Å². The highest BCUT2D eigenvalue weighted by molar-refractivity contribution is 5.37. The lowest BCUT2D eigenvalue weighted by molar-refractivity contribution is 0.0524. The van der Waals surface area contributed by atoms with Crippen LogP contribution in [0.3, 0.4) is 0 Å². The molecule has 0 spiro atoms. The Bertz CT molecular complexity index is 348. The van der Waals surface area contributed by atoms with Crippen molar-refractivity contribution in [2.45, 2.75) is 12.8 Å². The molecule has 0 radical (unpaired) electrons. The van der Waals surface area contributed by atoms with Crippen LogP contribution in [0.25, 0.3) is 0 Å². The van der Waals surface area contributed by atoms with E-state index in [1.807, 2.05) is 0 Å². The summed E-state index contributed by atoms with van der Waals surface area (Å²) in [7, 11) is 1.74. The van der Waals surface area contributed by atoms with Crippen LogP contribution in [0.5, 0.6) is 0 Å². The van der Waals surface area contributed by atoms with Crippen molar-refractivity contribution in [2.75, 3.05) is 33.5 Å². The summed E-state index contributed by atoms with van der Waals surface area (Å²) in [6, 6.07) is 0. The largest absolute Gasteiger partial charge is 0.368 e. The van der Waals surface area contributed by atoms with E-state index in [1.54, 1.807) is 12.7 Å². The first-order valence-electron chi connectivity index (χ1n) is 6.00. The van der Waals surface area contributed by atoms with Crippen LogP contribution in [0.4, 0.5) is 0 Å². The van der Waals surface area contributed by atoms with Gasteiger partial charge in [-0.25, -0.2) is 0 Å². The second-order valence-electron chi connectivity index (χ2n) is 4.82. The fourth-order valence-corrected chi connectivity index (χ4v) is 2.87. The molecule has 0 saturated carbocycles. The lowest BCUT2D eigenvalue weighted by Gasteiger charge is -2.29. The molecule has 1 unspecified atom stereocenters. The molecule has 0 bridgehead atoms. The molecule has 1 saturated heterocycles. The van der Waals surface area contributed by atoms with Crippen LogP contribution in [0.15, 0.2) is 22.9 Å². The first kappa shape index (κ1) is 10.3. The van der Waals surface area contributed by atoms with Crippen LogP contribution in [0.1, 0.15) is 12.8 Å². The second kappa shape index (κ2) is 4.20. The van der Waals surface area contributed by atoms with Gasteiger partial charge in [0.05, 0.1) is 0 Å². The van der Waals surface area contributed by atoms with Gasteiger partial charge >= 0.3 is 0 Å². The summed E-state index contributed by atoms with van der Waals surface area (Å²) in [4.78, 5) is 0. The molecule has 1 aliphatic carbocycles. The van der Waals surface area contributed by atoms with Crippen molar-refractivity contribution in [1.29, 1.82) is 0 Å². The van der Waals surface area contributed by atoms with Gasteiger partial charge in [0.1, 0.15) is 6.73 Å². The van der Waals surface area contributed by atoms with Gasteiger partial charge in [0.15, 0.2) is 0 Å². The summed E-state index contributed by atoms with van der Waals surface area (Å²) in [5, 5.41) is 5.61. The molecular weight excluding hydrogens is 202 g/mol. The smallest absolute Gasteiger partial charge is 0.116 e. The van der Waals surface area contributed by atoms with Gasteiger partial charge in [-0.2, -0.15) is 5.01 Å². The zero-order valence-corrected chi connectivity index (χ0v) is 9.75. The Kier molecular flexibility index (Phi) is 2.71. The molecule has 1 atom stereocenters. The number of rotatable bonds is 2. The maximum absolute atomic E-state index is 5.15. The fourth-order valence-electron chi connectivity index (χ4n) is 2.87. The predicted molar refractivity (Wildman–Crippen MR) is 62.4 cm³/mol. The van der Waals surface area contributed by atoms with Gasteiger partial charge in [0.2, 0.25) is 0 Å². The SMILES string of the molecule is COCN1CC2=C(C=C3CCNCC3C2)N1. The molecule has 2 aliphatic heterocycles. The molecule has 0 aromatic carbocycles. The van der Waals surface area contributed by atoms with Crippen molar-refractivity contribution in [3.63, 3.8) is 0 Å². The zero-order chi connectivity index (χ0) is 11.0. The number of nitrogens with one attached hydrogen (secondary N) is 2. The Labute approximate surface area is 96.3 Å². The molecule has 88 valence electrons. The summed E-state index contributed by atoms with van der Waals surface area (Å²) >= 11 is 0. The van der Waals surface area contributed by atoms with Gasteiger partial charge in [-0.15, -0.1) is 0 Å². The van der Waals surface area contributed by atoms with E-state index in [4.69, 9.17) is 4.74 Å². The summed E-state index contributed by atoms with van der Waals surface area (Å²) in [6.07, 6.45) is 4.77. The minimum atomic E-state index is 0.652. The quantitative estimate of drug-likeness (QED) is 0.716. The molecule has 3 aliphatic rings. The number of ether oxygens (including phenoxy) is 1. The summed E-state index contributed by atoms with van der Waals surface area (Å²) in [6.45, 7) is 3.93. The molecule has 0 aromatic heterocycles. The highest BCUT2D eigenvalue weighted by atomic mass is 16.5. The lowest BCUT2D eigenvalue weighted by Crippen LogP contribution is -2.34. The number of hydrogen-bond acceptors (Lipinski definition) is 4. The highest BCUT2D eigenvalue weighted by Gasteiger charge is 2.29. The molecule has 3 rings (SSSR count). The zero-order valence-electron chi connectivity index (χ0n) is 9.75. The van der Waals surface area contributed by atoms with E-state index < -0.39 is 0 Å². The maximum Gasteiger partial charge on any atom is 0.116 e. The normalized spacial score (nSPS) is 29.6. The molecular formula is C12H19N3O. The minimum absolute atomic E-state index is 0.652. The Balaban J connectivity index is 1.74. The van der Waals surface area contributed by atoms with E-state index in [1.165, 1.54) is 24.1 Å². The van der Waals surface area contributed by atoms with Crippen molar-refractivity contribution in [3.05, 3.63) is 22.9 Å². The van der Waals surface area contributed by atoms with Gasteiger partial charge in [-0.1, -0.05) is 5.57 Å². The third-order valence-electron chi connectivity index (χ3n) is 3.65. The first-order chi connectivity index (χ1) is 7.86. The second-order valence-corrected chi connectivity index (χ2v) is 4.82. The van der Waals surface area contributed by atoms with Crippen LogP contribution in [0.2, 0.25) is 0 Å². The van der Waals surface area contributed by atoms with E-state index in [9.17, 15) is 0 Å². The number of allylic oxidation sites excluding steroid dienone is 1. The Hall–Kier alpha value is -0.840. The van der Waals surface area contributed by atoms with Crippen molar-refractivity contribution in [3.8, 4) is 0 Å². The molecule has 0 amide bonds. The number of piperidine rings is 1. The van der Waals surface area contributed by atoms with Crippen molar-refractivity contribution >= 4 is 0 Å². The number of hydrogen-bond donors (Lipinski definition) is 2. The van der Waals surface area contributed by atoms with E-state index in [0.29, 0.717) is 6.73 Å². The average molecular weight is 221 g/mol. The van der Waals surface area contributed by atoms with Gasteiger partial charge in [-0.05, 0) is 37.0 Å². The third-order valence-corrected chi connectivity index (χ3v) is 3.65. The van der Waals surface area contributed by atoms with Crippen LogP contribution in [-0.4, -0.2) is 38.5 Å². The van der Waals surface area contributed by atoms with Crippen LogP contribution in [0, 0.1) is 5.92 Å². The van der Waals surface area contributed by atoms with Gasteiger partial charge in [-0.3, -0.25) is 0 Å². The standard InChI is InChI=1S/C12H19N3O/c1-16-8-15-7-11-4-10-6-13-3-2-9(10)5-12(11)14-15/h5,10,13-14H,2-4,6-8H2,1H3. The summed E-state index contributed by atoms with van der Waals surface area (Å²) in [5.41, 5.74) is 7.89. The van der Waals surface area contributed by atoms with Gasteiger partial charge in [0, 0.05) is 25.9 Å². The molecule has 4 heteroatoms. The molecule has 4 nitrogen and oxygen atoms in total. The van der Waals surface area contributed by atoms with Gasteiger partial charge < -0.3 is 15.5 Å². The Morgan fingerprint density at radius 3 is 3.38 bits per heavy atom. The Morgan fingerprint density at radius 2 is 2.50 bits per heavy atom. The summed E-state index contributed by atoms with van der Waals surface area (Å²) in [5.74, 6) is 0.733. The van der Waals surface area contributed by atoms with E-state index in [-0.39, 0.29) is 0 Å². The van der Waals surface area contributed by atoms with Crippen LogP contribution < -0.4 is 10.7 Å². The van der Waals surface area contributed by atoms with E-state index >= 15 is 0 Å². The molecule has 1 fully saturated rings. The third kappa shape index (κ3) is 1.77. The molecule has 0 aromatic rings. The first-order valence-corrected chi connectivity index (χ1v) is 6.00. The number of fused-ring (bicyclic) bond motifs is 1. The Morgan fingerprint density at radius 1 is 1.56 bits per heavy atom. The maximum atomic E-state index is 5.15. The number of methoxy groups -OCH3 is 1. The highest BCUT2D eigenvalue weighted by Crippen LogP contribution is 2.34. The van der Waals surface area contributed by atoms with E-state index in [2.05, 4.69) is 21.8 Å². The molecule has 2 heterocycles. The number of hydrazine groups is 1. The minimum Gasteiger partial charge on any atom is -0.368 e. The predicted octanol–water partition coefficient (Wildman–Crippen LogP) is 0.604. The fraction of sp³-hybridized carbons (Fsp3) is 0.667. The van der Waals surface area contributed by atoms with E-state index in [0.717, 1.165) is 25.6 Å². The van der Waals surface area contributed by atoms with Gasteiger partial charge in [0.25, 0.3) is 0 Å². The lowest BCUT2D eigenvalue weighted by atomic mass is 9.82. The summed E-state index contributed by atoms with van der Waals surface area (Å²) < 4.78 is 5.15. The van der Waals surface area contributed by atoms with Crippen LogP contribution >= 0.6 is 0 Å². The average Bonchev–Trinajstić information content (AvgIpc) is 2.67. The topological polar surface area (TPSA) is 36.5 Å². The molecule has 2 N–H and O–H groups in total. The monoisotopic (exact) mass is 221 g/mol. The number of nitrogens with zero attached hydrogens (tertiary/aromatic N) is 1.